The second-order valence-electron chi connectivity index (χ2n) is 35.3. The molecule has 10 heteroatoms. The van der Waals surface area contributed by atoms with Crippen molar-refractivity contribution in [2.75, 3.05) is 19.6 Å². The predicted molar refractivity (Wildman–Crippen MR) is 552 cm³/mol. The fraction of sp³-hybridized carbons (Fsp3) is 0.0667. The van der Waals surface area contributed by atoms with E-state index in [1.165, 1.54) is 112 Å². The minimum Gasteiger partial charge on any atom is -0.454 e. The average Bonchev–Trinajstić information content (AvgIpc) is 1.53. The third-order valence-corrected chi connectivity index (χ3v) is 30.0. The Morgan fingerprint density at radius 3 is 0.785 bits per heavy atom. The van der Waals surface area contributed by atoms with Gasteiger partial charge in [0.1, 0.15) is 22.3 Å². The Morgan fingerprint density at radius 2 is 0.462 bits per heavy atom. The molecule has 26 aromatic rings. The number of anilines is 12. The van der Waals surface area contributed by atoms with Gasteiger partial charge in [0, 0.05) is 149 Å². The Balaban J connectivity index is 0.640. The second kappa shape index (κ2) is 29.2. The SMILES string of the molecule is Cc1cc(C)cc(N(c2cc3c4cc(N(c5cc(C)c(Cc6ccc(N(c7cc8c9cc(N(c%10ccc(C)c(C)c%10)c%10cccc%11c%10oc%10ccccc%10%11)c%10ccccc%10c9sc8c8ccccc78)c7cccc8c7oc7ccccc78)cc6C)c(C)c5)c5cccc6c5oc5ccccc56)c5ccccc5c4sc3c3ccccc23)c2cccc3c2oc2ccccc23)c1. The summed E-state index contributed by atoms with van der Waals surface area (Å²) in [6, 6.07) is 132. The molecule has 20 aromatic carbocycles. The Morgan fingerprint density at radius 1 is 0.192 bits per heavy atom. The minimum absolute atomic E-state index is 0.703. The van der Waals surface area contributed by atoms with E-state index >= 15 is 0 Å². The molecule has 0 aliphatic rings. The van der Waals surface area contributed by atoms with Crippen LogP contribution in [0.15, 0.2) is 376 Å². The van der Waals surface area contributed by atoms with Crippen LogP contribution in [0.5, 0.6) is 0 Å². The topological polar surface area (TPSA) is 65.5 Å². The fourth-order valence-corrected chi connectivity index (χ4v) is 24.0. The van der Waals surface area contributed by atoms with Crippen LogP contribution < -0.4 is 19.6 Å². The molecule has 6 heterocycles. The van der Waals surface area contributed by atoms with Crippen LogP contribution in [0.4, 0.5) is 68.2 Å². The first-order valence-corrected chi connectivity index (χ1v) is 46.2. The summed E-state index contributed by atoms with van der Waals surface area (Å²) >= 11 is 3.77. The average molecular weight is 1710 g/mol. The maximum Gasteiger partial charge on any atom is 0.159 e. The van der Waals surface area contributed by atoms with Crippen molar-refractivity contribution in [3.8, 4) is 0 Å². The van der Waals surface area contributed by atoms with E-state index in [0.29, 0.717) is 6.42 Å². The first kappa shape index (κ1) is 75.6. The van der Waals surface area contributed by atoms with Crippen LogP contribution >= 0.6 is 22.7 Å². The first-order valence-electron chi connectivity index (χ1n) is 44.6. The largest absolute Gasteiger partial charge is 0.454 e. The van der Waals surface area contributed by atoms with Crippen molar-refractivity contribution in [3.63, 3.8) is 0 Å². The molecule has 0 spiro atoms. The van der Waals surface area contributed by atoms with E-state index in [2.05, 4.69) is 426 Å². The molecule has 0 saturated heterocycles. The van der Waals surface area contributed by atoms with Gasteiger partial charge in [-0.1, -0.05) is 237 Å². The molecule has 0 saturated carbocycles. The van der Waals surface area contributed by atoms with Crippen molar-refractivity contribution < 1.29 is 17.7 Å². The van der Waals surface area contributed by atoms with E-state index in [-0.39, 0.29) is 0 Å². The molecule has 0 aliphatic carbocycles. The summed E-state index contributed by atoms with van der Waals surface area (Å²) in [7, 11) is 0. The molecule has 0 amide bonds. The minimum atomic E-state index is 0.703. The van der Waals surface area contributed by atoms with Gasteiger partial charge >= 0.3 is 0 Å². The van der Waals surface area contributed by atoms with E-state index in [1.807, 2.05) is 22.7 Å². The highest BCUT2D eigenvalue weighted by Crippen LogP contribution is 2.57. The van der Waals surface area contributed by atoms with E-state index in [9.17, 15) is 0 Å². The summed E-state index contributed by atoms with van der Waals surface area (Å²) in [5, 5.41) is 22.6. The molecule has 8 nitrogen and oxygen atoms in total. The number of benzene rings is 20. The van der Waals surface area contributed by atoms with Crippen LogP contribution in [0.25, 0.3) is 171 Å². The van der Waals surface area contributed by atoms with Crippen molar-refractivity contribution in [1.82, 2.24) is 0 Å². The summed E-state index contributed by atoms with van der Waals surface area (Å²) in [6.45, 7) is 15.7. The normalized spacial score (nSPS) is 12.1. The molecule has 130 heavy (non-hydrogen) atoms. The molecule has 26 rings (SSSR count). The van der Waals surface area contributed by atoms with Crippen molar-refractivity contribution in [1.29, 1.82) is 0 Å². The number of hydrogen-bond donors (Lipinski definition) is 0. The fourth-order valence-electron chi connectivity index (χ4n) is 21.3. The monoisotopic (exact) mass is 1710 g/mol. The molecular formula is C120H82N4O4S2. The van der Waals surface area contributed by atoms with Crippen molar-refractivity contribution >= 4 is 262 Å². The van der Waals surface area contributed by atoms with Gasteiger partial charge in [-0.15, -0.1) is 22.7 Å². The molecular weight excluding hydrogens is 1630 g/mol. The molecule has 0 aliphatic heterocycles. The Labute approximate surface area is 756 Å². The zero-order valence-corrected chi connectivity index (χ0v) is 74.1. The standard InChI is InChI=1S/C120H82N4O4S2/c1-68-56-69(2)58-78(57-68)123(103-46-26-42-90-86-34-18-22-50-111(86)127-115(90)103)107-66-99-100-67-108(83-31-11-15-39-95(83)120(100)130-119(99)94-38-14-10-30-82(94)107)124(104-47-27-43-91-87-35-19-23-51-112(87)128-116(91)104)79-61-73(6)96(74(7)62-79)63-75-53-55-77(60-72(75)5)122(102-45-25-41-89-85-33-17-21-49-110(85)126-114(89)102)106-65-98-97-64-105(80-28-8-12-36-92(80)117(97)129-118(98)93-37-13-9-29-81(93)106)121(76-54-52-70(3)71(4)59-76)101-44-24-40-88-84-32-16-20-48-109(84)125-113(88)101/h8-62,64-67H,63H2,1-7H3. The highest BCUT2D eigenvalue weighted by molar-refractivity contribution is 7.28. The number of nitrogens with zero attached hydrogens (tertiary/aromatic N) is 4. The lowest BCUT2D eigenvalue weighted by molar-refractivity contribution is 0.669. The molecule has 6 aromatic heterocycles. The Bertz CT molecular complexity index is 9290. The Hall–Kier alpha value is -15.7. The molecule has 0 radical (unpaired) electrons. The highest BCUT2D eigenvalue weighted by Gasteiger charge is 2.32. The molecule has 0 bridgehead atoms. The number of hydrogen-bond acceptors (Lipinski definition) is 10. The number of fused-ring (bicyclic) bond motifs is 26. The number of aryl methyl sites for hydroxylation is 7. The van der Waals surface area contributed by atoms with Crippen LogP contribution in [0.1, 0.15) is 50.1 Å². The molecule has 0 atom stereocenters. The van der Waals surface area contributed by atoms with Crippen molar-refractivity contribution in [2.24, 2.45) is 0 Å². The van der Waals surface area contributed by atoms with Crippen LogP contribution in [0, 0.1) is 48.5 Å². The maximum atomic E-state index is 7.16. The molecule has 0 unspecified atom stereocenters. The summed E-state index contributed by atoms with van der Waals surface area (Å²) in [4.78, 5) is 9.87. The lowest BCUT2D eigenvalue weighted by Gasteiger charge is -2.29. The number of rotatable bonds is 14. The van der Waals surface area contributed by atoms with Gasteiger partial charge in [-0.2, -0.15) is 0 Å². The summed E-state index contributed by atoms with van der Waals surface area (Å²) in [5.74, 6) is 0. The van der Waals surface area contributed by atoms with Gasteiger partial charge in [-0.25, -0.2) is 0 Å². The number of para-hydroxylation sites is 8. The van der Waals surface area contributed by atoms with Gasteiger partial charge in [-0.3, -0.25) is 0 Å². The van der Waals surface area contributed by atoms with Crippen LogP contribution in [0.2, 0.25) is 0 Å². The summed E-state index contributed by atoms with van der Waals surface area (Å²) in [5.41, 5.74) is 29.9. The van der Waals surface area contributed by atoms with Crippen molar-refractivity contribution in [3.05, 3.63) is 408 Å². The molecule has 618 valence electrons. The van der Waals surface area contributed by atoms with E-state index < -0.39 is 0 Å². The van der Waals surface area contributed by atoms with Gasteiger partial charge in [0.2, 0.25) is 0 Å². The van der Waals surface area contributed by atoms with Crippen LogP contribution in [-0.2, 0) is 6.42 Å². The third-order valence-electron chi connectivity index (χ3n) is 27.4. The number of furan rings is 4. The quantitative estimate of drug-likeness (QED) is 0.107. The van der Waals surface area contributed by atoms with E-state index in [1.54, 1.807) is 0 Å². The lowest BCUT2D eigenvalue weighted by Crippen LogP contribution is -2.13. The van der Waals surface area contributed by atoms with Gasteiger partial charge in [0.25, 0.3) is 0 Å². The van der Waals surface area contributed by atoms with Crippen LogP contribution in [0.3, 0.4) is 0 Å². The molecule has 0 fully saturated rings. The Kier molecular flexibility index (Phi) is 17.0. The van der Waals surface area contributed by atoms with E-state index in [4.69, 9.17) is 17.7 Å². The summed E-state index contributed by atoms with van der Waals surface area (Å²) in [6.07, 6.45) is 0.703. The van der Waals surface area contributed by atoms with Gasteiger partial charge in [0.05, 0.1) is 45.5 Å². The number of thiophene rings is 2. The second-order valence-corrected chi connectivity index (χ2v) is 37.3. The molecule has 0 N–H and O–H groups in total. The maximum absolute atomic E-state index is 7.16. The predicted octanol–water partition coefficient (Wildman–Crippen LogP) is 36.3. The first-order chi connectivity index (χ1) is 63.8. The zero-order chi connectivity index (χ0) is 86.6. The van der Waals surface area contributed by atoms with Gasteiger partial charge < -0.3 is 37.3 Å². The zero-order valence-electron chi connectivity index (χ0n) is 72.5. The summed E-state index contributed by atoms with van der Waals surface area (Å²) < 4.78 is 33.2. The van der Waals surface area contributed by atoms with Gasteiger partial charge in [-0.05, 0) is 226 Å². The highest BCUT2D eigenvalue weighted by atomic mass is 32.1. The smallest absolute Gasteiger partial charge is 0.159 e. The van der Waals surface area contributed by atoms with Crippen molar-refractivity contribution in [2.45, 2.75) is 54.9 Å². The van der Waals surface area contributed by atoms with Crippen LogP contribution in [-0.4, -0.2) is 0 Å². The lowest BCUT2D eigenvalue weighted by atomic mass is 9.92. The third kappa shape index (κ3) is 11.6. The van der Waals surface area contributed by atoms with E-state index in [0.717, 1.165) is 178 Å². The van der Waals surface area contributed by atoms with Gasteiger partial charge in [0.15, 0.2) is 22.3 Å².